The van der Waals surface area contributed by atoms with Crippen LogP contribution in [0.4, 0.5) is 10.6 Å². The molecule has 2 aliphatic rings. The van der Waals surface area contributed by atoms with Gasteiger partial charge in [-0.05, 0) is 64.2 Å². The van der Waals surface area contributed by atoms with Crippen molar-refractivity contribution < 1.29 is 14.3 Å². The first kappa shape index (κ1) is 18.5. The molecule has 0 bridgehead atoms. The third-order valence-corrected chi connectivity index (χ3v) is 4.21. The zero-order chi connectivity index (χ0) is 18.8. The van der Waals surface area contributed by atoms with Crippen molar-refractivity contribution in [3.8, 4) is 11.8 Å². The first-order valence-electron chi connectivity index (χ1n) is 9.10. The molecule has 0 spiro atoms. The van der Waals surface area contributed by atoms with Gasteiger partial charge in [0.2, 0.25) is 0 Å². The number of rotatable bonds is 2. The minimum atomic E-state index is -0.515. The Morgan fingerprint density at radius 2 is 2.00 bits per heavy atom. The normalized spacial score (nSPS) is 18.5. The molecule has 6 heteroatoms. The number of nitrogens with zero attached hydrogens (tertiary/aromatic N) is 2. The fourth-order valence-electron chi connectivity index (χ4n) is 2.76. The van der Waals surface area contributed by atoms with E-state index in [1.807, 2.05) is 33.8 Å². The molecule has 140 valence electrons. The van der Waals surface area contributed by atoms with Gasteiger partial charge in [-0.1, -0.05) is 5.92 Å². The molecule has 1 aliphatic heterocycles. The van der Waals surface area contributed by atoms with Crippen LogP contribution in [0.1, 0.15) is 44.9 Å². The van der Waals surface area contributed by atoms with E-state index in [1.54, 1.807) is 0 Å². The summed E-state index contributed by atoms with van der Waals surface area (Å²) in [4.78, 5) is 18.9. The summed E-state index contributed by atoms with van der Waals surface area (Å²) in [7, 11) is 0. The third kappa shape index (κ3) is 5.12. The van der Waals surface area contributed by atoms with Crippen LogP contribution in [0, 0.1) is 18.8 Å². The van der Waals surface area contributed by atoms with E-state index in [1.165, 1.54) is 0 Å². The highest BCUT2D eigenvalue weighted by Gasteiger charge is 2.43. The average Bonchev–Trinajstić information content (AvgIpc) is 3.31. The van der Waals surface area contributed by atoms with E-state index in [-0.39, 0.29) is 0 Å². The molecule has 1 saturated carbocycles. The summed E-state index contributed by atoms with van der Waals surface area (Å²) < 4.78 is 10.7. The lowest BCUT2D eigenvalue weighted by atomic mass is 10.2. The largest absolute Gasteiger partial charge is 0.444 e. The van der Waals surface area contributed by atoms with Crippen LogP contribution < -0.4 is 10.2 Å². The van der Waals surface area contributed by atoms with Gasteiger partial charge in [0.1, 0.15) is 22.7 Å². The van der Waals surface area contributed by atoms with Crippen LogP contribution in [0.15, 0.2) is 12.1 Å². The Morgan fingerprint density at radius 3 is 2.62 bits per heavy atom. The van der Waals surface area contributed by atoms with Gasteiger partial charge in [0.05, 0.1) is 13.2 Å². The zero-order valence-electron chi connectivity index (χ0n) is 16.0. The topological polar surface area (TPSA) is 63.7 Å². The average molecular weight is 357 g/mol. The minimum absolute atomic E-state index is 0.421. The maximum Gasteiger partial charge on any atom is 0.408 e. The monoisotopic (exact) mass is 357 g/mol. The Kier molecular flexibility index (Phi) is 5.10. The van der Waals surface area contributed by atoms with Crippen molar-refractivity contribution in [3.05, 3.63) is 23.4 Å². The summed E-state index contributed by atoms with van der Waals surface area (Å²) in [6, 6.07) is 4.04. The van der Waals surface area contributed by atoms with E-state index < -0.39 is 17.2 Å². The molecule has 2 fully saturated rings. The molecule has 1 amide bonds. The fourth-order valence-corrected chi connectivity index (χ4v) is 2.76. The lowest BCUT2D eigenvalue weighted by Gasteiger charge is -2.28. The van der Waals surface area contributed by atoms with Crippen LogP contribution in [0.25, 0.3) is 0 Å². The smallest absolute Gasteiger partial charge is 0.408 e. The number of anilines is 1. The lowest BCUT2D eigenvalue weighted by Crippen LogP contribution is -2.40. The van der Waals surface area contributed by atoms with E-state index in [9.17, 15) is 4.79 Å². The molecular weight excluding hydrogens is 330 g/mol. The lowest BCUT2D eigenvalue weighted by molar-refractivity contribution is 0.0511. The number of carbonyl (C=O) groups is 1. The van der Waals surface area contributed by atoms with Gasteiger partial charge in [-0.3, -0.25) is 0 Å². The Morgan fingerprint density at radius 1 is 1.31 bits per heavy atom. The highest BCUT2D eigenvalue weighted by molar-refractivity contribution is 5.70. The molecule has 1 aromatic heterocycles. The first-order valence-corrected chi connectivity index (χ1v) is 9.10. The Balaban J connectivity index is 1.71. The fraction of sp³-hybridized carbons (Fsp3) is 0.600. The van der Waals surface area contributed by atoms with Gasteiger partial charge in [-0.2, -0.15) is 0 Å². The number of amides is 1. The van der Waals surface area contributed by atoms with Crippen LogP contribution in [-0.4, -0.2) is 48.5 Å². The maximum absolute atomic E-state index is 12.0. The van der Waals surface area contributed by atoms with Crippen molar-refractivity contribution in [2.45, 2.75) is 51.7 Å². The summed E-state index contributed by atoms with van der Waals surface area (Å²) >= 11 is 0. The Bertz CT molecular complexity index is 733. The van der Waals surface area contributed by atoms with E-state index in [0.717, 1.165) is 56.2 Å². The molecular formula is C20H27N3O3. The number of hydrogen-bond acceptors (Lipinski definition) is 5. The summed E-state index contributed by atoms with van der Waals surface area (Å²) in [5.74, 6) is 7.27. The first-order chi connectivity index (χ1) is 12.2. The van der Waals surface area contributed by atoms with E-state index in [0.29, 0.717) is 0 Å². The van der Waals surface area contributed by atoms with Gasteiger partial charge in [0, 0.05) is 13.1 Å². The van der Waals surface area contributed by atoms with Gasteiger partial charge in [-0.15, -0.1) is 0 Å². The molecule has 26 heavy (non-hydrogen) atoms. The second kappa shape index (κ2) is 7.16. The Hall–Kier alpha value is -2.26. The molecule has 0 radical (unpaired) electrons. The van der Waals surface area contributed by atoms with Crippen LogP contribution >= 0.6 is 0 Å². The van der Waals surface area contributed by atoms with Crippen molar-refractivity contribution in [3.63, 3.8) is 0 Å². The van der Waals surface area contributed by atoms with Crippen molar-refractivity contribution in [2.24, 2.45) is 0 Å². The van der Waals surface area contributed by atoms with Gasteiger partial charge < -0.3 is 19.7 Å². The van der Waals surface area contributed by atoms with Crippen molar-refractivity contribution in [1.29, 1.82) is 0 Å². The van der Waals surface area contributed by atoms with Crippen molar-refractivity contribution in [1.82, 2.24) is 10.3 Å². The number of aromatic nitrogens is 1. The molecule has 6 nitrogen and oxygen atoms in total. The highest BCUT2D eigenvalue weighted by atomic mass is 16.6. The number of hydrogen-bond donors (Lipinski definition) is 1. The summed E-state index contributed by atoms with van der Waals surface area (Å²) in [6.07, 6.45) is 1.25. The molecule has 1 aliphatic carbocycles. The molecule has 0 atom stereocenters. The second-order valence-electron chi connectivity index (χ2n) is 7.95. The maximum atomic E-state index is 12.0. The number of alkyl carbamates (subject to hydrolysis) is 1. The van der Waals surface area contributed by atoms with Gasteiger partial charge >= 0.3 is 6.09 Å². The van der Waals surface area contributed by atoms with E-state index in [2.05, 4.69) is 33.1 Å². The van der Waals surface area contributed by atoms with Crippen LogP contribution in [-0.2, 0) is 9.47 Å². The number of ether oxygens (including phenoxy) is 2. The predicted octanol–water partition coefficient (Wildman–Crippen LogP) is 2.64. The van der Waals surface area contributed by atoms with Crippen LogP contribution in [0.5, 0.6) is 0 Å². The molecule has 1 N–H and O–H groups in total. The number of nitrogens with one attached hydrogen (secondary N) is 1. The minimum Gasteiger partial charge on any atom is -0.444 e. The van der Waals surface area contributed by atoms with Crippen LogP contribution in [0.2, 0.25) is 0 Å². The predicted molar refractivity (Wildman–Crippen MR) is 100 cm³/mol. The SMILES string of the molecule is Cc1cc(C#CC2(NC(=O)OC(C)(C)C)CC2)nc(N2CCOCC2)c1. The molecule has 0 aromatic carbocycles. The third-order valence-electron chi connectivity index (χ3n) is 4.21. The van der Waals surface area contributed by atoms with E-state index in [4.69, 9.17) is 9.47 Å². The quantitative estimate of drug-likeness (QED) is 0.825. The summed E-state index contributed by atoms with van der Waals surface area (Å²) in [6.45, 7) is 10.7. The number of morpholine rings is 1. The molecule has 0 unspecified atom stereocenters. The second-order valence-corrected chi connectivity index (χ2v) is 7.95. The zero-order valence-corrected chi connectivity index (χ0v) is 16.0. The van der Waals surface area contributed by atoms with Crippen molar-refractivity contribution >= 4 is 11.9 Å². The number of pyridine rings is 1. The molecule has 1 aromatic rings. The van der Waals surface area contributed by atoms with Gasteiger partial charge in [-0.25, -0.2) is 9.78 Å². The van der Waals surface area contributed by atoms with Crippen LogP contribution in [0.3, 0.4) is 0 Å². The highest BCUT2D eigenvalue weighted by Crippen LogP contribution is 2.35. The van der Waals surface area contributed by atoms with Crippen molar-refractivity contribution in [2.75, 3.05) is 31.2 Å². The van der Waals surface area contributed by atoms with Gasteiger partial charge in [0.25, 0.3) is 0 Å². The molecule has 3 rings (SSSR count). The van der Waals surface area contributed by atoms with Gasteiger partial charge in [0.15, 0.2) is 0 Å². The Labute approximate surface area is 155 Å². The summed E-state index contributed by atoms with van der Waals surface area (Å²) in [5, 5.41) is 2.90. The molecule has 2 heterocycles. The molecule has 1 saturated heterocycles. The summed E-state index contributed by atoms with van der Waals surface area (Å²) in [5.41, 5.74) is 0.852. The standard InChI is InChI=1S/C20H27N3O3/c1-15-13-16(21-17(14-15)23-9-11-25-12-10-23)5-6-20(7-8-20)22-18(24)26-19(2,3)4/h13-14H,7-12H2,1-4H3,(H,22,24). The number of aryl methyl sites for hydroxylation is 1. The van der Waals surface area contributed by atoms with E-state index >= 15 is 0 Å². The number of carbonyl (C=O) groups excluding carboxylic acids is 1.